The molecule has 0 spiro atoms. The molecule has 3 nitrogen and oxygen atoms in total. The van der Waals surface area contributed by atoms with E-state index in [1.807, 2.05) is 24.3 Å². The van der Waals surface area contributed by atoms with Gasteiger partial charge in [0.05, 0.1) is 14.2 Å². The summed E-state index contributed by atoms with van der Waals surface area (Å²) >= 11 is 6.36. The monoisotopic (exact) mass is 305 g/mol. The van der Waals surface area contributed by atoms with Crippen LogP contribution in [0, 0.1) is 0 Å². The van der Waals surface area contributed by atoms with Gasteiger partial charge in [0, 0.05) is 12.1 Å². The Morgan fingerprint density at radius 3 is 2.43 bits per heavy atom. The van der Waals surface area contributed by atoms with Crippen molar-refractivity contribution in [2.75, 3.05) is 20.8 Å². The molecule has 0 fully saturated rings. The Hall–Kier alpha value is -1.71. The number of benzene rings is 2. The van der Waals surface area contributed by atoms with Gasteiger partial charge >= 0.3 is 0 Å². The second kappa shape index (κ2) is 7.34. The Bertz CT molecular complexity index is 614. The minimum atomic E-state index is 0.496. The largest absolute Gasteiger partial charge is 0.495 e. The first kappa shape index (κ1) is 15.7. The molecule has 21 heavy (non-hydrogen) atoms. The minimum absolute atomic E-state index is 0.496. The van der Waals surface area contributed by atoms with E-state index in [4.69, 9.17) is 21.1 Å². The van der Waals surface area contributed by atoms with E-state index in [1.165, 1.54) is 5.56 Å². The van der Waals surface area contributed by atoms with Gasteiger partial charge in [-0.2, -0.15) is 0 Å². The van der Waals surface area contributed by atoms with Crippen molar-refractivity contribution in [3.8, 4) is 22.6 Å². The normalized spacial score (nSPS) is 10.5. The highest BCUT2D eigenvalue weighted by Crippen LogP contribution is 2.42. The van der Waals surface area contributed by atoms with E-state index in [0.717, 1.165) is 24.2 Å². The molecule has 0 amide bonds. The maximum atomic E-state index is 6.36. The van der Waals surface area contributed by atoms with Gasteiger partial charge in [-0.3, -0.25) is 0 Å². The molecule has 0 bridgehead atoms. The molecule has 2 aromatic carbocycles. The molecule has 2 aromatic rings. The van der Waals surface area contributed by atoms with E-state index < -0.39 is 0 Å². The zero-order valence-electron chi connectivity index (χ0n) is 12.6. The van der Waals surface area contributed by atoms with Gasteiger partial charge < -0.3 is 14.8 Å². The minimum Gasteiger partial charge on any atom is -0.495 e. The molecule has 0 aliphatic carbocycles. The molecule has 0 aliphatic heterocycles. The molecule has 0 saturated carbocycles. The smallest absolute Gasteiger partial charge is 0.149 e. The number of rotatable bonds is 6. The zero-order chi connectivity index (χ0) is 15.2. The fraction of sp³-hybridized carbons (Fsp3) is 0.294. The van der Waals surface area contributed by atoms with Gasteiger partial charge in [0.15, 0.2) is 0 Å². The summed E-state index contributed by atoms with van der Waals surface area (Å²) < 4.78 is 10.7. The Kier molecular flexibility index (Phi) is 5.48. The average Bonchev–Trinajstić information content (AvgIpc) is 2.53. The summed E-state index contributed by atoms with van der Waals surface area (Å²) in [6.07, 6.45) is 0. The summed E-state index contributed by atoms with van der Waals surface area (Å²) in [5, 5.41) is 3.85. The van der Waals surface area contributed by atoms with Crippen LogP contribution in [0.15, 0.2) is 36.4 Å². The second-order valence-electron chi connectivity index (χ2n) is 4.60. The molecule has 112 valence electrons. The van der Waals surface area contributed by atoms with Crippen LogP contribution in [0.4, 0.5) is 0 Å². The lowest BCUT2D eigenvalue weighted by Gasteiger charge is -2.16. The van der Waals surface area contributed by atoms with Gasteiger partial charge in [-0.05, 0) is 29.8 Å². The number of ether oxygens (including phenoxy) is 2. The molecule has 4 heteroatoms. The van der Waals surface area contributed by atoms with Crippen molar-refractivity contribution in [2.24, 2.45) is 0 Å². The van der Waals surface area contributed by atoms with Crippen molar-refractivity contribution in [3.63, 3.8) is 0 Å². The number of nitrogens with one attached hydrogen (secondary N) is 1. The lowest BCUT2D eigenvalue weighted by Crippen LogP contribution is -2.12. The van der Waals surface area contributed by atoms with Crippen molar-refractivity contribution in [3.05, 3.63) is 47.0 Å². The predicted molar refractivity (Wildman–Crippen MR) is 87.4 cm³/mol. The van der Waals surface area contributed by atoms with Crippen LogP contribution in [0.2, 0.25) is 5.02 Å². The highest BCUT2D eigenvalue weighted by Gasteiger charge is 2.16. The van der Waals surface area contributed by atoms with E-state index in [1.54, 1.807) is 14.2 Å². The lowest BCUT2D eigenvalue weighted by molar-refractivity contribution is 0.396. The Labute approximate surface area is 130 Å². The molecule has 0 heterocycles. The van der Waals surface area contributed by atoms with Gasteiger partial charge in [0.1, 0.15) is 16.5 Å². The number of hydrogen-bond acceptors (Lipinski definition) is 3. The topological polar surface area (TPSA) is 30.5 Å². The second-order valence-corrected chi connectivity index (χ2v) is 4.98. The molecular weight excluding hydrogens is 286 g/mol. The highest BCUT2D eigenvalue weighted by molar-refractivity contribution is 6.34. The van der Waals surface area contributed by atoms with Crippen LogP contribution >= 0.6 is 11.6 Å². The standard InChI is InChI=1S/C17H20ClNO2/c1-4-19-11-12-7-5-6-8-13(12)14-9-10-15(20-2)16(18)17(14)21-3/h5-10,19H,4,11H2,1-3H3. The quantitative estimate of drug-likeness (QED) is 0.870. The maximum absolute atomic E-state index is 6.36. The Morgan fingerprint density at radius 1 is 1.00 bits per heavy atom. The Balaban J connectivity index is 2.54. The molecule has 0 unspecified atom stereocenters. The van der Waals surface area contributed by atoms with Gasteiger partial charge in [-0.25, -0.2) is 0 Å². The van der Waals surface area contributed by atoms with Gasteiger partial charge in [-0.15, -0.1) is 0 Å². The number of hydrogen-bond donors (Lipinski definition) is 1. The third-order valence-corrected chi connectivity index (χ3v) is 3.72. The van der Waals surface area contributed by atoms with Crippen LogP contribution in [-0.4, -0.2) is 20.8 Å². The van der Waals surface area contributed by atoms with Crippen LogP contribution < -0.4 is 14.8 Å². The van der Waals surface area contributed by atoms with Crippen LogP contribution in [0.3, 0.4) is 0 Å². The van der Waals surface area contributed by atoms with Crippen LogP contribution in [0.1, 0.15) is 12.5 Å². The molecule has 0 saturated heterocycles. The van der Waals surface area contributed by atoms with Crippen molar-refractivity contribution >= 4 is 11.6 Å². The van der Waals surface area contributed by atoms with E-state index in [9.17, 15) is 0 Å². The van der Waals surface area contributed by atoms with Crippen LogP contribution in [0.5, 0.6) is 11.5 Å². The fourth-order valence-electron chi connectivity index (χ4n) is 2.30. The van der Waals surface area contributed by atoms with Crippen molar-refractivity contribution in [1.82, 2.24) is 5.32 Å². The summed E-state index contributed by atoms with van der Waals surface area (Å²) in [5.74, 6) is 1.25. The van der Waals surface area contributed by atoms with Gasteiger partial charge in [-0.1, -0.05) is 42.8 Å². The first-order chi connectivity index (χ1) is 10.2. The fourth-order valence-corrected chi connectivity index (χ4v) is 2.62. The first-order valence-electron chi connectivity index (χ1n) is 6.92. The molecule has 1 N–H and O–H groups in total. The van der Waals surface area contributed by atoms with Crippen LogP contribution in [0.25, 0.3) is 11.1 Å². The van der Waals surface area contributed by atoms with E-state index in [-0.39, 0.29) is 0 Å². The summed E-state index contributed by atoms with van der Waals surface area (Å²) in [4.78, 5) is 0. The van der Waals surface area contributed by atoms with E-state index in [0.29, 0.717) is 16.5 Å². The third kappa shape index (κ3) is 3.31. The third-order valence-electron chi connectivity index (χ3n) is 3.36. The average molecular weight is 306 g/mol. The molecule has 2 rings (SSSR count). The summed E-state index contributed by atoms with van der Waals surface area (Å²) in [7, 11) is 3.22. The number of methoxy groups -OCH3 is 2. The van der Waals surface area contributed by atoms with E-state index in [2.05, 4.69) is 24.4 Å². The summed E-state index contributed by atoms with van der Waals surface area (Å²) in [5.41, 5.74) is 3.29. The molecule has 0 aromatic heterocycles. The van der Waals surface area contributed by atoms with E-state index >= 15 is 0 Å². The summed E-state index contributed by atoms with van der Waals surface area (Å²) in [6, 6.07) is 12.1. The summed E-state index contributed by atoms with van der Waals surface area (Å²) in [6.45, 7) is 3.82. The van der Waals surface area contributed by atoms with Crippen LogP contribution in [-0.2, 0) is 6.54 Å². The van der Waals surface area contributed by atoms with Crippen molar-refractivity contribution < 1.29 is 9.47 Å². The highest BCUT2D eigenvalue weighted by atomic mass is 35.5. The SMILES string of the molecule is CCNCc1ccccc1-c1ccc(OC)c(Cl)c1OC. The molecule has 0 aliphatic rings. The Morgan fingerprint density at radius 2 is 1.76 bits per heavy atom. The zero-order valence-corrected chi connectivity index (χ0v) is 13.3. The van der Waals surface area contributed by atoms with Crippen molar-refractivity contribution in [2.45, 2.75) is 13.5 Å². The maximum Gasteiger partial charge on any atom is 0.149 e. The number of halogens is 1. The first-order valence-corrected chi connectivity index (χ1v) is 7.30. The van der Waals surface area contributed by atoms with Gasteiger partial charge in [0.2, 0.25) is 0 Å². The molecule has 0 atom stereocenters. The van der Waals surface area contributed by atoms with Gasteiger partial charge in [0.25, 0.3) is 0 Å². The van der Waals surface area contributed by atoms with Crippen molar-refractivity contribution in [1.29, 1.82) is 0 Å². The molecular formula is C17H20ClNO2. The lowest BCUT2D eigenvalue weighted by atomic mass is 9.98. The predicted octanol–water partition coefficient (Wildman–Crippen LogP) is 4.13. The molecule has 0 radical (unpaired) electrons.